The third-order valence-electron chi connectivity index (χ3n) is 9.88. The van der Waals surface area contributed by atoms with Crippen LogP contribution in [0.2, 0.25) is 0 Å². The molecule has 0 amide bonds. The van der Waals surface area contributed by atoms with Crippen molar-refractivity contribution in [3.05, 3.63) is 75.8 Å². The highest BCUT2D eigenvalue weighted by atomic mass is 32.1. The summed E-state index contributed by atoms with van der Waals surface area (Å²) in [4.78, 5) is 4.12. The minimum absolute atomic E-state index is 0.166. The van der Waals surface area contributed by atoms with Crippen molar-refractivity contribution in [2.24, 2.45) is 22.9 Å². The molecule has 12 heteroatoms. The predicted octanol–water partition coefficient (Wildman–Crippen LogP) is 6.84. The number of benzene rings is 2. The Hall–Kier alpha value is -3.12. The van der Waals surface area contributed by atoms with Gasteiger partial charge in [-0.2, -0.15) is 28.0 Å². The van der Waals surface area contributed by atoms with Crippen LogP contribution in [0.1, 0.15) is 55.5 Å². The molecule has 0 atom stereocenters. The number of hydrogen-bond donors (Lipinski definition) is 0. The predicted molar refractivity (Wildman–Crippen MR) is 155 cm³/mol. The second-order valence-corrected chi connectivity index (χ2v) is 13.2. The van der Waals surface area contributed by atoms with E-state index >= 15 is 0 Å². The molecule has 4 bridgehead atoms. The Balaban J connectivity index is 1.16. The summed E-state index contributed by atoms with van der Waals surface area (Å²) in [6.07, 6.45) is 3.62. The fraction of sp³-hybridized carbons (Fsp3) is 0.516. The van der Waals surface area contributed by atoms with Gasteiger partial charge in [-0.25, -0.2) is 13.5 Å². The van der Waals surface area contributed by atoms with Crippen LogP contribution in [0.4, 0.5) is 27.6 Å². The van der Waals surface area contributed by atoms with Gasteiger partial charge in [-0.3, -0.25) is 4.90 Å². The number of halogens is 5. The molecule has 2 heterocycles. The van der Waals surface area contributed by atoms with Crippen LogP contribution in [0, 0.1) is 34.2 Å². The van der Waals surface area contributed by atoms with Crippen molar-refractivity contribution in [1.82, 2.24) is 19.4 Å². The van der Waals surface area contributed by atoms with Gasteiger partial charge in [0, 0.05) is 37.3 Å². The lowest BCUT2D eigenvalue weighted by Crippen LogP contribution is -2.49. The quantitative estimate of drug-likeness (QED) is 0.173. The summed E-state index contributed by atoms with van der Waals surface area (Å²) < 4.78 is 72.4. The normalized spacial score (nSPS) is 27.5. The molecule has 43 heavy (non-hydrogen) atoms. The Morgan fingerprint density at radius 3 is 2.12 bits per heavy atom. The first-order chi connectivity index (χ1) is 20.6. The van der Waals surface area contributed by atoms with E-state index in [1.165, 1.54) is 55.8 Å². The van der Waals surface area contributed by atoms with E-state index in [9.17, 15) is 22.0 Å². The molecule has 2 aromatic carbocycles. The highest BCUT2D eigenvalue weighted by Crippen LogP contribution is 2.60. The Morgan fingerprint density at radius 2 is 1.51 bits per heavy atom. The van der Waals surface area contributed by atoms with Gasteiger partial charge in [0.15, 0.2) is 5.82 Å². The van der Waals surface area contributed by atoms with E-state index in [1.54, 1.807) is 15.4 Å². The number of alkyl halides is 3. The van der Waals surface area contributed by atoms with E-state index in [2.05, 4.69) is 10.0 Å². The molecule has 6 nitrogen and oxygen atoms in total. The summed E-state index contributed by atoms with van der Waals surface area (Å²) in [7, 11) is 0. The maximum atomic E-state index is 14.5. The van der Waals surface area contributed by atoms with E-state index in [1.807, 2.05) is 4.90 Å². The highest BCUT2D eigenvalue weighted by molar-refractivity contribution is 7.71. The Kier molecular flexibility index (Phi) is 7.19. The fourth-order valence-electron chi connectivity index (χ4n) is 8.28. The van der Waals surface area contributed by atoms with Crippen LogP contribution in [0.15, 0.2) is 47.6 Å². The van der Waals surface area contributed by atoms with Crippen molar-refractivity contribution >= 4 is 24.1 Å². The van der Waals surface area contributed by atoms with Crippen LogP contribution in [-0.4, -0.2) is 51.8 Å². The average molecular weight is 617 g/mol. The van der Waals surface area contributed by atoms with Gasteiger partial charge in [0.1, 0.15) is 11.6 Å². The molecule has 0 unspecified atom stereocenters. The number of piperazine rings is 1. The summed E-state index contributed by atoms with van der Waals surface area (Å²) in [5, 5.41) is 9.61. The van der Waals surface area contributed by atoms with Crippen molar-refractivity contribution in [2.45, 2.75) is 56.8 Å². The molecule has 1 aliphatic heterocycles. The average Bonchev–Trinajstić information content (AvgIpc) is 3.27. The van der Waals surface area contributed by atoms with Crippen molar-refractivity contribution in [2.75, 3.05) is 31.1 Å². The smallest absolute Gasteiger partial charge is 0.369 e. The van der Waals surface area contributed by atoms with Gasteiger partial charge in [0.05, 0.1) is 24.0 Å². The summed E-state index contributed by atoms with van der Waals surface area (Å²) in [6.45, 7) is 2.73. The van der Waals surface area contributed by atoms with E-state index in [0.29, 0.717) is 61.1 Å². The van der Waals surface area contributed by atoms with E-state index in [0.717, 1.165) is 31.2 Å². The molecule has 4 aliphatic carbocycles. The minimum atomic E-state index is -4.39. The van der Waals surface area contributed by atoms with E-state index < -0.39 is 23.4 Å². The van der Waals surface area contributed by atoms with E-state index in [4.69, 9.17) is 17.3 Å². The second kappa shape index (κ2) is 10.8. The molecule has 0 N–H and O–H groups in total. The van der Waals surface area contributed by atoms with Gasteiger partial charge in [-0.05, 0) is 98.8 Å². The van der Waals surface area contributed by atoms with Gasteiger partial charge >= 0.3 is 6.18 Å². The Labute approximate surface area is 251 Å². The molecule has 5 aliphatic rings. The standard InChI is InChI=1S/C31H33F5N6S/c32-26-5-2-6-27(33)25(26)18-37-42-28(30-15-20-11-21(16-30)13-22(12-20)17-30)38-41(29(42)43)19-39-7-9-40(10-8-39)24-4-1-3-23(14-24)31(34,35)36/h1-6,14,18,20-22H,7-13,15-17,19H2/b37-18+. The van der Waals surface area contributed by atoms with Gasteiger partial charge in [-0.15, -0.1) is 0 Å². The molecule has 228 valence electrons. The molecule has 3 aromatic rings. The maximum Gasteiger partial charge on any atom is 0.416 e. The Bertz CT molecular complexity index is 1550. The van der Waals surface area contributed by atoms with Crippen molar-refractivity contribution in [3.63, 3.8) is 0 Å². The number of rotatable bonds is 6. The zero-order valence-corrected chi connectivity index (χ0v) is 24.4. The molecule has 1 aromatic heterocycles. The summed E-state index contributed by atoms with van der Waals surface area (Å²) in [6, 6.07) is 9.15. The lowest BCUT2D eigenvalue weighted by molar-refractivity contribution is -0.137. The molecular formula is C31H33F5N6S. The van der Waals surface area contributed by atoms with Crippen LogP contribution in [-0.2, 0) is 18.3 Å². The molecule has 8 rings (SSSR count). The van der Waals surface area contributed by atoms with Crippen LogP contribution in [0.25, 0.3) is 0 Å². The molecule has 5 fully saturated rings. The monoisotopic (exact) mass is 616 g/mol. The summed E-state index contributed by atoms with van der Waals surface area (Å²) >= 11 is 5.88. The Morgan fingerprint density at radius 1 is 0.907 bits per heavy atom. The van der Waals surface area contributed by atoms with Crippen LogP contribution in [0.5, 0.6) is 0 Å². The number of nitrogens with zero attached hydrogens (tertiary/aromatic N) is 6. The van der Waals surface area contributed by atoms with Crippen molar-refractivity contribution < 1.29 is 22.0 Å². The van der Waals surface area contributed by atoms with Crippen LogP contribution >= 0.6 is 12.2 Å². The minimum Gasteiger partial charge on any atom is -0.369 e. The molecule has 0 radical (unpaired) electrons. The highest BCUT2D eigenvalue weighted by Gasteiger charge is 2.54. The first-order valence-corrected chi connectivity index (χ1v) is 15.3. The van der Waals surface area contributed by atoms with Crippen LogP contribution in [0.3, 0.4) is 0 Å². The second-order valence-electron chi connectivity index (χ2n) is 12.8. The number of aromatic nitrogens is 3. The summed E-state index contributed by atoms with van der Waals surface area (Å²) in [5.74, 6) is 1.32. The third kappa shape index (κ3) is 5.41. The topological polar surface area (TPSA) is 41.6 Å². The molecular weight excluding hydrogens is 583 g/mol. The zero-order valence-electron chi connectivity index (χ0n) is 23.6. The van der Waals surface area contributed by atoms with Crippen LogP contribution < -0.4 is 4.90 Å². The van der Waals surface area contributed by atoms with E-state index in [-0.39, 0.29) is 11.0 Å². The van der Waals surface area contributed by atoms with Gasteiger partial charge in [0.25, 0.3) is 0 Å². The third-order valence-corrected chi connectivity index (χ3v) is 10.3. The van der Waals surface area contributed by atoms with Gasteiger partial charge in [0.2, 0.25) is 4.77 Å². The summed E-state index contributed by atoms with van der Waals surface area (Å²) in [5.41, 5.74) is -0.494. The first kappa shape index (κ1) is 28.6. The lowest BCUT2D eigenvalue weighted by Gasteiger charge is -2.55. The fourth-order valence-corrected chi connectivity index (χ4v) is 8.51. The van der Waals surface area contributed by atoms with Gasteiger partial charge in [-0.1, -0.05) is 12.1 Å². The number of hydrogen-bond acceptors (Lipinski definition) is 5. The maximum absolute atomic E-state index is 14.5. The first-order valence-electron chi connectivity index (χ1n) is 14.9. The molecule has 1 saturated heterocycles. The lowest BCUT2D eigenvalue weighted by atomic mass is 9.49. The zero-order chi connectivity index (χ0) is 29.9. The van der Waals surface area contributed by atoms with Crippen molar-refractivity contribution in [1.29, 1.82) is 0 Å². The van der Waals surface area contributed by atoms with Crippen molar-refractivity contribution in [3.8, 4) is 0 Å². The number of anilines is 1. The molecule has 0 spiro atoms. The largest absolute Gasteiger partial charge is 0.416 e. The van der Waals surface area contributed by atoms with Gasteiger partial charge < -0.3 is 4.90 Å². The molecule has 4 saturated carbocycles. The SMILES string of the molecule is Fc1cccc(F)c1/C=N/n1c(C23CC4CC(CC(C4)C2)C3)nn(CN2CCN(c3cccc(C(F)(F)F)c3)CC2)c1=S.